The first-order valence-electron chi connectivity index (χ1n) is 7.78. The molecule has 2 rings (SSSR count). The van der Waals surface area contributed by atoms with E-state index >= 15 is 0 Å². The van der Waals surface area contributed by atoms with E-state index < -0.39 is 27.4 Å². The molecule has 0 atom stereocenters. The van der Waals surface area contributed by atoms with Crippen molar-refractivity contribution in [1.29, 1.82) is 0 Å². The largest absolute Gasteiger partial charge is 0.323 e. The highest BCUT2D eigenvalue weighted by Crippen LogP contribution is 2.27. The third-order valence-electron chi connectivity index (χ3n) is 3.90. The van der Waals surface area contributed by atoms with E-state index in [1.165, 1.54) is 12.1 Å². The van der Waals surface area contributed by atoms with Crippen molar-refractivity contribution >= 4 is 44.6 Å². The molecule has 0 aliphatic rings. The maximum Gasteiger partial charge on any atom is 0.271 e. The Morgan fingerprint density at radius 3 is 2.41 bits per heavy atom. The molecule has 0 spiro atoms. The number of carbonyl (C=O) groups is 1. The van der Waals surface area contributed by atoms with Crippen LogP contribution in [-0.4, -0.2) is 32.0 Å². The van der Waals surface area contributed by atoms with Gasteiger partial charge in [0.15, 0.2) is 0 Å². The van der Waals surface area contributed by atoms with Gasteiger partial charge in [0.2, 0.25) is 15.9 Å². The van der Waals surface area contributed by atoms with E-state index in [4.69, 9.17) is 11.6 Å². The van der Waals surface area contributed by atoms with E-state index in [0.717, 1.165) is 27.8 Å². The SMILES string of the molecule is Cc1ccc(N(CC(=O)Nc2cc([N+](=O)[O-])ccc2Cl)S(C)(=O)=O)cc1C. The fourth-order valence-electron chi connectivity index (χ4n) is 2.32. The summed E-state index contributed by atoms with van der Waals surface area (Å²) < 4.78 is 25.3. The number of benzene rings is 2. The second-order valence-electron chi connectivity index (χ2n) is 6.01. The van der Waals surface area contributed by atoms with Crippen LogP contribution in [0.3, 0.4) is 0 Å². The standard InChI is InChI=1S/C17H18ClN3O5S/c1-11-4-5-13(8-12(11)2)20(27(3,25)26)10-17(22)19-16-9-14(21(23)24)6-7-15(16)18/h4-9H,10H2,1-3H3,(H,19,22). The summed E-state index contributed by atoms with van der Waals surface area (Å²) in [6.45, 7) is 3.23. The molecular formula is C17H18ClN3O5S. The van der Waals surface area contributed by atoms with Crippen molar-refractivity contribution < 1.29 is 18.1 Å². The van der Waals surface area contributed by atoms with Gasteiger partial charge in [0.25, 0.3) is 5.69 Å². The summed E-state index contributed by atoms with van der Waals surface area (Å²) in [6.07, 6.45) is 0.996. The van der Waals surface area contributed by atoms with Crippen LogP contribution < -0.4 is 9.62 Å². The van der Waals surface area contributed by atoms with Gasteiger partial charge in [-0.15, -0.1) is 0 Å². The molecule has 0 fully saturated rings. The number of amides is 1. The van der Waals surface area contributed by atoms with Crippen molar-refractivity contribution in [2.45, 2.75) is 13.8 Å². The summed E-state index contributed by atoms with van der Waals surface area (Å²) in [5.41, 5.74) is 2.00. The van der Waals surface area contributed by atoms with Gasteiger partial charge in [-0.1, -0.05) is 17.7 Å². The number of anilines is 2. The number of nitrogens with one attached hydrogen (secondary N) is 1. The maximum absolute atomic E-state index is 12.4. The summed E-state index contributed by atoms with van der Waals surface area (Å²) in [4.78, 5) is 22.6. The normalized spacial score (nSPS) is 11.1. The Bertz CT molecular complexity index is 1010. The molecule has 2 aromatic carbocycles. The number of hydrogen-bond acceptors (Lipinski definition) is 5. The Morgan fingerprint density at radius 2 is 1.85 bits per heavy atom. The number of halogens is 1. The average Bonchev–Trinajstić information content (AvgIpc) is 2.56. The molecule has 27 heavy (non-hydrogen) atoms. The molecule has 0 saturated carbocycles. The van der Waals surface area contributed by atoms with E-state index in [-0.39, 0.29) is 16.4 Å². The predicted molar refractivity (Wildman–Crippen MR) is 105 cm³/mol. The highest BCUT2D eigenvalue weighted by atomic mass is 35.5. The van der Waals surface area contributed by atoms with E-state index in [0.29, 0.717) is 5.69 Å². The van der Waals surface area contributed by atoms with Crippen molar-refractivity contribution in [2.75, 3.05) is 22.4 Å². The Kier molecular flexibility index (Phi) is 6.07. The van der Waals surface area contributed by atoms with Crippen LogP contribution in [0.2, 0.25) is 5.02 Å². The van der Waals surface area contributed by atoms with Crippen LogP contribution in [0.5, 0.6) is 0 Å². The molecule has 144 valence electrons. The lowest BCUT2D eigenvalue weighted by molar-refractivity contribution is -0.384. The minimum Gasteiger partial charge on any atom is -0.323 e. The Morgan fingerprint density at radius 1 is 1.19 bits per heavy atom. The van der Waals surface area contributed by atoms with Crippen LogP contribution in [0.1, 0.15) is 11.1 Å². The van der Waals surface area contributed by atoms with E-state index in [1.54, 1.807) is 18.2 Å². The second kappa shape index (κ2) is 7.93. The number of aryl methyl sites for hydroxylation is 2. The van der Waals surface area contributed by atoms with Gasteiger partial charge in [-0.3, -0.25) is 19.2 Å². The van der Waals surface area contributed by atoms with Crippen LogP contribution in [0.15, 0.2) is 36.4 Å². The molecule has 0 saturated heterocycles. The van der Waals surface area contributed by atoms with E-state index in [9.17, 15) is 23.3 Å². The molecule has 8 nitrogen and oxygen atoms in total. The molecule has 2 aromatic rings. The number of carbonyl (C=O) groups excluding carboxylic acids is 1. The summed E-state index contributed by atoms with van der Waals surface area (Å²) in [7, 11) is -3.74. The lowest BCUT2D eigenvalue weighted by Crippen LogP contribution is -2.37. The fraction of sp³-hybridized carbons (Fsp3) is 0.235. The second-order valence-corrected chi connectivity index (χ2v) is 8.32. The number of rotatable bonds is 6. The zero-order valence-electron chi connectivity index (χ0n) is 14.9. The third-order valence-corrected chi connectivity index (χ3v) is 5.37. The number of nitro groups is 1. The molecule has 0 radical (unpaired) electrons. The molecule has 1 N–H and O–H groups in total. The molecule has 0 aromatic heterocycles. The first-order chi connectivity index (χ1) is 12.5. The maximum atomic E-state index is 12.4. The van der Waals surface area contributed by atoms with Crippen LogP contribution in [0, 0.1) is 24.0 Å². The van der Waals surface area contributed by atoms with Gasteiger partial charge in [-0.05, 0) is 43.2 Å². The van der Waals surface area contributed by atoms with Crippen LogP contribution >= 0.6 is 11.6 Å². The molecule has 0 unspecified atom stereocenters. The van der Waals surface area contributed by atoms with Crippen LogP contribution in [0.4, 0.5) is 17.1 Å². The Hall–Kier alpha value is -2.65. The van der Waals surface area contributed by atoms with Crippen molar-refractivity contribution in [3.05, 3.63) is 62.7 Å². The minimum atomic E-state index is -3.74. The number of nitro benzene ring substituents is 1. The van der Waals surface area contributed by atoms with Gasteiger partial charge in [0, 0.05) is 12.1 Å². The number of nitrogens with zero attached hydrogens (tertiary/aromatic N) is 2. The molecule has 0 aliphatic heterocycles. The lowest BCUT2D eigenvalue weighted by atomic mass is 10.1. The zero-order chi connectivity index (χ0) is 20.4. The van der Waals surface area contributed by atoms with Crippen molar-refractivity contribution in [3.63, 3.8) is 0 Å². The first kappa shape index (κ1) is 20.7. The summed E-state index contributed by atoms with van der Waals surface area (Å²) in [6, 6.07) is 8.64. The van der Waals surface area contributed by atoms with Crippen molar-refractivity contribution in [1.82, 2.24) is 0 Å². The predicted octanol–water partition coefficient (Wildman–Crippen LogP) is 3.27. The molecule has 0 aliphatic carbocycles. The minimum absolute atomic E-state index is 0.0319. The van der Waals surface area contributed by atoms with Crippen molar-refractivity contribution in [3.8, 4) is 0 Å². The Balaban J connectivity index is 2.28. The van der Waals surface area contributed by atoms with Gasteiger partial charge < -0.3 is 5.32 Å². The highest BCUT2D eigenvalue weighted by Gasteiger charge is 2.22. The molecule has 10 heteroatoms. The molecular weight excluding hydrogens is 394 g/mol. The number of sulfonamides is 1. The number of non-ortho nitro benzene ring substituents is 1. The summed E-state index contributed by atoms with van der Waals surface area (Å²) >= 11 is 5.96. The highest BCUT2D eigenvalue weighted by molar-refractivity contribution is 7.92. The van der Waals surface area contributed by atoms with E-state index in [1.807, 2.05) is 13.8 Å². The Labute approximate surface area is 162 Å². The third kappa shape index (κ3) is 5.18. The lowest BCUT2D eigenvalue weighted by Gasteiger charge is -2.22. The van der Waals surface area contributed by atoms with E-state index in [2.05, 4.69) is 5.32 Å². The molecule has 1 amide bonds. The van der Waals surface area contributed by atoms with Crippen LogP contribution in [-0.2, 0) is 14.8 Å². The first-order valence-corrected chi connectivity index (χ1v) is 10.0. The van der Waals surface area contributed by atoms with Gasteiger partial charge in [-0.2, -0.15) is 0 Å². The quantitative estimate of drug-likeness (QED) is 0.579. The van der Waals surface area contributed by atoms with Crippen LogP contribution in [0.25, 0.3) is 0 Å². The monoisotopic (exact) mass is 411 g/mol. The molecule has 0 heterocycles. The van der Waals surface area contributed by atoms with Gasteiger partial charge >= 0.3 is 0 Å². The topological polar surface area (TPSA) is 110 Å². The zero-order valence-corrected chi connectivity index (χ0v) is 16.5. The smallest absolute Gasteiger partial charge is 0.271 e. The van der Waals surface area contributed by atoms with Gasteiger partial charge in [-0.25, -0.2) is 8.42 Å². The summed E-state index contributed by atoms with van der Waals surface area (Å²) in [5.74, 6) is -0.680. The molecule has 0 bridgehead atoms. The van der Waals surface area contributed by atoms with Gasteiger partial charge in [0.1, 0.15) is 6.54 Å². The summed E-state index contributed by atoms with van der Waals surface area (Å²) in [5, 5.41) is 13.4. The van der Waals surface area contributed by atoms with Crippen molar-refractivity contribution in [2.24, 2.45) is 0 Å². The van der Waals surface area contributed by atoms with Gasteiger partial charge in [0.05, 0.1) is 27.6 Å². The fourth-order valence-corrected chi connectivity index (χ4v) is 3.34. The average molecular weight is 412 g/mol. The number of hydrogen-bond donors (Lipinski definition) is 1.